The number of likely N-dealkylation sites (tertiary alicyclic amines) is 2. The van der Waals surface area contributed by atoms with E-state index in [0.29, 0.717) is 22.9 Å². The number of piperidine rings is 2. The molecule has 3 aliphatic rings. The molecule has 0 aliphatic carbocycles. The van der Waals surface area contributed by atoms with Crippen molar-refractivity contribution in [2.75, 3.05) is 45.1 Å². The quantitative estimate of drug-likeness (QED) is 0.743. The average molecular weight is 411 g/mol. The first-order valence-electron chi connectivity index (χ1n) is 10.2. The van der Waals surface area contributed by atoms with Crippen molar-refractivity contribution in [3.8, 4) is 0 Å². The maximum Gasteiger partial charge on any atom is 0.277 e. The molecule has 1 amide bonds. The van der Waals surface area contributed by atoms with Gasteiger partial charge in [-0.3, -0.25) is 9.69 Å². The smallest absolute Gasteiger partial charge is 0.277 e. The van der Waals surface area contributed by atoms with Crippen LogP contribution in [0.5, 0.6) is 0 Å². The van der Waals surface area contributed by atoms with Crippen LogP contribution in [0.25, 0.3) is 0 Å². The van der Waals surface area contributed by atoms with Gasteiger partial charge in [0.25, 0.3) is 5.22 Å². The average Bonchev–Trinajstić information content (AvgIpc) is 3.12. The summed E-state index contributed by atoms with van der Waals surface area (Å²) in [5, 5.41) is 18.7. The molecule has 1 atom stereocenters. The first kappa shape index (κ1) is 20.1. The van der Waals surface area contributed by atoms with Crippen LogP contribution in [0.3, 0.4) is 0 Å². The molecular weight excluding hydrogens is 380 g/mol. The second-order valence-electron chi connectivity index (χ2n) is 8.39. The minimum absolute atomic E-state index is 0.119. The molecule has 1 N–H and O–H groups in total. The molecule has 1 aromatic heterocycles. The highest BCUT2D eigenvalue weighted by atomic mass is 32.2. The molecule has 1 unspecified atom stereocenters. The number of amides is 1. The maximum absolute atomic E-state index is 12.6. The van der Waals surface area contributed by atoms with E-state index >= 15 is 0 Å². The fourth-order valence-corrected chi connectivity index (χ4v) is 5.58. The highest BCUT2D eigenvalue weighted by molar-refractivity contribution is 7.99. The zero-order valence-corrected chi connectivity index (χ0v) is 17.3. The molecule has 3 saturated heterocycles. The van der Waals surface area contributed by atoms with E-state index in [1.54, 1.807) is 6.92 Å². The number of carbonyl (C=O) groups is 1. The topological polar surface area (TPSA) is 91.9 Å². The van der Waals surface area contributed by atoms with Gasteiger partial charge in [0.2, 0.25) is 11.8 Å². The molecule has 4 rings (SSSR count). The largest absolute Gasteiger partial charge is 0.416 e. The number of hydrogen-bond donors (Lipinski definition) is 1. The maximum atomic E-state index is 12.6. The number of aliphatic hydroxyl groups is 1. The van der Waals surface area contributed by atoms with Gasteiger partial charge in [-0.15, -0.1) is 10.2 Å². The normalized spacial score (nSPS) is 26.6. The van der Waals surface area contributed by atoms with E-state index in [9.17, 15) is 9.90 Å². The summed E-state index contributed by atoms with van der Waals surface area (Å²) in [4.78, 5) is 17.0. The predicted molar refractivity (Wildman–Crippen MR) is 104 cm³/mol. The lowest BCUT2D eigenvalue weighted by atomic mass is 9.71. The summed E-state index contributed by atoms with van der Waals surface area (Å²) in [7, 11) is 0. The molecule has 8 nitrogen and oxygen atoms in total. The first-order chi connectivity index (χ1) is 13.5. The SMILES string of the molecule is Cc1nnc(SCC(=O)N2CCC3(CC2)CC(O)CN(C2CCOCC2)C3)o1. The van der Waals surface area contributed by atoms with Crippen LogP contribution in [-0.2, 0) is 9.53 Å². The van der Waals surface area contributed by atoms with Crippen molar-refractivity contribution in [1.29, 1.82) is 0 Å². The fraction of sp³-hybridized carbons (Fsp3) is 0.842. The van der Waals surface area contributed by atoms with E-state index in [1.165, 1.54) is 11.8 Å². The Morgan fingerprint density at radius 2 is 2.04 bits per heavy atom. The number of carbonyl (C=O) groups excluding carboxylic acids is 1. The minimum Gasteiger partial charge on any atom is -0.416 e. The van der Waals surface area contributed by atoms with Crippen molar-refractivity contribution in [2.24, 2.45) is 5.41 Å². The van der Waals surface area contributed by atoms with Gasteiger partial charge in [-0.05, 0) is 37.5 Å². The predicted octanol–water partition coefficient (Wildman–Crippen LogP) is 1.32. The Kier molecular flexibility index (Phi) is 6.24. The summed E-state index contributed by atoms with van der Waals surface area (Å²) >= 11 is 1.30. The zero-order valence-electron chi connectivity index (χ0n) is 16.5. The lowest BCUT2D eigenvalue weighted by Gasteiger charge is -2.51. The molecule has 0 bridgehead atoms. The lowest BCUT2D eigenvalue weighted by Crippen LogP contribution is -2.57. The summed E-state index contributed by atoms with van der Waals surface area (Å²) in [6, 6.07) is 0.523. The van der Waals surface area contributed by atoms with Gasteiger partial charge >= 0.3 is 0 Å². The van der Waals surface area contributed by atoms with Gasteiger partial charge in [-0.2, -0.15) is 0 Å². The molecule has 28 heavy (non-hydrogen) atoms. The number of hydrogen-bond acceptors (Lipinski definition) is 8. The monoisotopic (exact) mass is 410 g/mol. The molecule has 3 fully saturated rings. The molecule has 4 heterocycles. The van der Waals surface area contributed by atoms with E-state index in [2.05, 4.69) is 15.1 Å². The molecule has 0 aromatic carbocycles. The van der Waals surface area contributed by atoms with E-state index in [4.69, 9.17) is 9.15 Å². The van der Waals surface area contributed by atoms with Crippen LogP contribution in [0.1, 0.15) is 38.0 Å². The van der Waals surface area contributed by atoms with Gasteiger partial charge in [0.15, 0.2) is 0 Å². The number of nitrogens with zero attached hydrogens (tertiary/aromatic N) is 4. The van der Waals surface area contributed by atoms with E-state index in [0.717, 1.165) is 71.5 Å². The Morgan fingerprint density at radius 3 is 2.71 bits per heavy atom. The summed E-state index contributed by atoms with van der Waals surface area (Å²) in [6.07, 6.45) is 4.61. The summed E-state index contributed by atoms with van der Waals surface area (Å²) < 4.78 is 10.8. The van der Waals surface area contributed by atoms with Crippen LogP contribution in [0, 0.1) is 12.3 Å². The van der Waals surface area contributed by atoms with Crippen molar-refractivity contribution in [3.63, 3.8) is 0 Å². The van der Waals surface area contributed by atoms with Crippen molar-refractivity contribution in [1.82, 2.24) is 20.0 Å². The molecule has 156 valence electrons. The van der Waals surface area contributed by atoms with Crippen LogP contribution in [0.4, 0.5) is 0 Å². The molecule has 0 saturated carbocycles. The number of thioether (sulfide) groups is 1. The number of ether oxygens (including phenoxy) is 1. The third kappa shape index (κ3) is 4.69. The fourth-order valence-electron chi connectivity index (χ4n) is 4.87. The molecule has 1 aromatic rings. The molecular formula is C19H30N4O4S. The number of aryl methyl sites for hydroxylation is 1. The van der Waals surface area contributed by atoms with Crippen LogP contribution >= 0.6 is 11.8 Å². The van der Waals surface area contributed by atoms with Crippen molar-refractivity contribution >= 4 is 17.7 Å². The Balaban J connectivity index is 1.29. The highest BCUT2D eigenvalue weighted by Crippen LogP contribution is 2.41. The van der Waals surface area contributed by atoms with Gasteiger partial charge < -0.3 is 19.2 Å². The number of aliphatic hydroxyl groups excluding tert-OH is 1. The van der Waals surface area contributed by atoms with Gasteiger partial charge in [-0.25, -0.2) is 0 Å². The van der Waals surface area contributed by atoms with Gasteiger partial charge in [-0.1, -0.05) is 11.8 Å². The molecule has 1 spiro atoms. The standard InChI is InChI=1S/C19H30N4O4S/c1-14-20-21-18(27-14)28-12-17(25)22-6-4-19(5-7-22)10-16(24)11-23(13-19)15-2-8-26-9-3-15/h15-16,24H,2-13H2,1H3. The molecule has 3 aliphatic heterocycles. The Bertz CT molecular complexity index is 671. The summed E-state index contributed by atoms with van der Waals surface area (Å²) in [5.41, 5.74) is 0.128. The number of rotatable bonds is 4. The summed E-state index contributed by atoms with van der Waals surface area (Å²) in [6.45, 7) is 6.72. The molecule has 0 radical (unpaired) electrons. The number of aromatic nitrogens is 2. The van der Waals surface area contributed by atoms with Gasteiger partial charge in [0.05, 0.1) is 11.9 Å². The zero-order chi connectivity index (χ0) is 19.6. The van der Waals surface area contributed by atoms with E-state index in [1.807, 2.05) is 4.90 Å². The van der Waals surface area contributed by atoms with E-state index < -0.39 is 0 Å². The van der Waals surface area contributed by atoms with Gasteiger partial charge in [0.1, 0.15) is 0 Å². The van der Waals surface area contributed by atoms with Crippen LogP contribution in [0.2, 0.25) is 0 Å². The first-order valence-corrected chi connectivity index (χ1v) is 11.2. The minimum atomic E-state index is -0.268. The van der Waals surface area contributed by atoms with E-state index in [-0.39, 0.29) is 17.4 Å². The third-order valence-electron chi connectivity index (χ3n) is 6.36. The highest BCUT2D eigenvalue weighted by Gasteiger charge is 2.43. The second-order valence-corrected chi connectivity index (χ2v) is 9.31. The van der Waals surface area contributed by atoms with Crippen LogP contribution in [-0.4, -0.2) is 88.3 Å². The van der Waals surface area contributed by atoms with Crippen molar-refractivity contribution in [2.45, 2.75) is 56.4 Å². The second kappa shape index (κ2) is 8.69. The Hall–Kier alpha value is -1.16. The summed E-state index contributed by atoms with van der Waals surface area (Å²) in [5.74, 6) is 0.957. The number of β-amino-alcohol motifs (C(OH)–C–C–N with tert-alkyl or cyclic N) is 1. The van der Waals surface area contributed by atoms with Gasteiger partial charge in [0, 0.05) is 52.4 Å². The van der Waals surface area contributed by atoms with Crippen molar-refractivity contribution in [3.05, 3.63) is 5.89 Å². The Labute approximate surface area is 170 Å². The third-order valence-corrected chi connectivity index (χ3v) is 7.17. The van der Waals surface area contributed by atoms with Crippen LogP contribution < -0.4 is 0 Å². The lowest BCUT2D eigenvalue weighted by molar-refractivity contribution is -0.133. The Morgan fingerprint density at radius 1 is 1.29 bits per heavy atom. The molecule has 9 heteroatoms. The van der Waals surface area contributed by atoms with Crippen LogP contribution in [0.15, 0.2) is 9.64 Å². The van der Waals surface area contributed by atoms with Crippen molar-refractivity contribution < 1.29 is 19.1 Å².